The van der Waals surface area contributed by atoms with E-state index in [1.165, 1.54) is 6.26 Å². The lowest BCUT2D eigenvalue weighted by molar-refractivity contribution is -0.0735. The Morgan fingerprint density at radius 2 is 1.21 bits per heavy atom. The lowest BCUT2D eigenvalue weighted by atomic mass is 10.0. The van der Waals surface area contributed by atoms with Gasteiger partial charge in [0.1, 0.15) is 9.84 Å². The quantitative estimate of drug-likeness (QED) is 0.474. The van der Waals surface area contributed by atoms with E-state index in [2.05, 4.69) is 5.32 Å². The summed E-state index contributed by atoms with van der Waals surface area (Å²) in [6.45, 7) is 13.8. The van der Waals surface area contributed by atoms with Gasteiger partial charge in [-0.3, -0.25) is 0 Å². The summed E-state index contributed by atoms with van der Waals surface area (Å²) in [7, 11) is -2.95. The highest BCUT2D eigenvalue weighted by Crippen LogP contribution is 2.13. The molecular formula is C17H37NO5S. The summed E-state index contributed by atoms with van der Waals surface area (Å²) >= 11 is 0. The van der Waals surface area contributed by atoms with Crippen LogP contribution in [0.5, 0.6) is 0 Å². The van der Waals surface area contributed by atoms with Crippen LogP contribution in [0.15, 0.2) is 0 Å². The second kappa shape index (κ2) is 11.4. The van der Waals surface area contributed by atoms with Crippen molar-refractivity contribution in [1.82, 2.24) is 5.32 Å². The van der Waals surface area contributed by atoms with Gasteiger partial charge in [0.15, 0.2) is 0 Å². The Labute approximate surface area is 148 Å². The van der Waals surface area contributed by atoms with E-state index in [-0.39, 0.29) is 24.1 Å². The minimum atomic E-state index is -2.95. The van der Waals surface area contributed by atoms with E-state index in [9.17, 15) is 8.42 Å². The van der Waals surface area contributed by atoms with Crippen LogP contribution in [0.2, 0.25) is 0 Å². The highest BCUT2D eigenvalue weighted by molar-refractivity contribution is 7.90. The van der Waals surface area contributed by atoms with Gasteiger partial charge in [0.05, 0.1) is 49.4 Å². The molecule has 6 nitrogen and oxygen atoms in total. The second-order valence-corrected chi connectivity index (χ2v) is 9.53. The van der Waals surface area contributed by atoms with Crippen molar-refractivity contribution >= 4 is 9.84 Å². The fraction of sp³-hybridized carbons (Fsp3) is 1.00. The molecule has 146 valence electrons. The predicted molar refractivity (Wildman–Crippen MR) is 98.3 cm³/mol. The van der Waals surface area contributed by atoms with Crippen LogP contribution in [0.3, 0.4) is 0 Å². The first-order valence-corrected chi connectivity index (χ1v) is 10.8. The third-order valence-corrected chi connectivity index (χ3v) is 4.30. The molecule has 0 aliphatic carbocycles. The Balaban J connectivity index is 4.90. The molecule has 0 amide bonds. The second-order valence-electron chi connectivity index (χ2n) is 7.27. The minimum absolute atomic E-state index is 0.0975. The van der Waals surface area contributed by atoms with Gasteiger partial charge in [-0.2, -0.15) is 0 Å². The van der Waals surface area contributed by atoms with Gasteiger partial charge in [0.2, 0.25) is 0 Å². The fourth-order valence-electron chi connectivity index (χ4n) is 1.94. The summed E-state index contributed by atoms with van der Waals surface area (Å²) < 4.78 is 40.1. The zero-order valence-corrected chi connectivity index (χ0v) is 17.2. The van der Waals surface area contributed by atoms with Gasteiger partial charge in [-0.15, -0.1) is 0 Å². The molecule has 0 atom stereocenters. The van der Waals surface area contributed by atoms with E-state index in [4.69, 9.17) is 14.2 Å². The van der Waals surface area contributed by atoms with E-state index < -0.39 is 15.4 Å². The molecule has 7 heteroatoms. The van der Waals surface area contributed by atoms with Crippen molar-refractivity contribution < 1.29 is 22.6 Å². The van der Waals surface area contributed by atoms with Crippen LogP contribution >= 0.6 is 0 Å². The van der Waals surface area contributed by atoms with Crippen LogP contribution in [-0.2, 0) is 24.0 Å². The molecule has 0 aliphatic rings. The molecule has 0 aromatic heterocycles. The summed E-state index contributed by atoms with van der Waals surface area (Å²) in [6, 6.07) is 0. The summed E-state index contributed by atoms with van der Waals surface area (Å²) in [6.07, 6.45) is 2.10. The monoisotopic (exact) mass is 367 g/mol. The molecule has 0 fully saturated rings. The Morgan fingerprint density at radius 1 is 0.833 bits per heavy atom. The summed E-state index contributed by atoms with van der Waals surface area (Å²) in [4.78, 5) is 0. The van der Waals surface area contributed by atoms with E-state index >= 15 is 0 Å². The first kappa shape index (κ1) is 23.8. The van der Waals surface area contributed by atoms with Crippen LogP contribution in [-0.4, -0.2) is 70.6 Å². The van der Waals surface area contributed by atoms with E-state index in [1.54, 1.807) is 0 Å². The summed E-state index contributed by atoms with van der Waals surface area (Å²) in [5, 5.41) is 3.43. The smallest absolute Gasteiger partial charge is 0.147 e. The molecule has 0 aromatic carbocycles. The molecule has 0 saturated carbocycles. The molecule has 1 N–H and O–H groups in total. The molecule has 24 heavy (non-hydrogen) atoms. The van der Waals surface area contributed by atoms with Crippen molar-refractivity contribution in [2.45, 2.75) is 71.8 Å². The van der Waals surface area contributed by atoms with Gasteiger partial charge in [0, 0.05) is 6.26 Å². The lowest BCUT2D eigenvalue weighted by Crippen LogP contribution is -2.57. The highest BCUT2D eigenvalue weighted by atomic mass is 32.2. The van der Waals surface area contributed by atoms with E-state index in [0.29, 0.717) is 32.8 Å². The van der Waals surface area contributed by atoms with Crippen LogP contribution in [0, 0.1) is 0 Å². The molecular weight excluding hydrogens is 330 g/mol. The van der Waals surface area contributed by atoms with Crippen molar-refractivity contribution in [3.63, 3.8) is 0 Å². The Morgan fingerprint density at radius 3 is 1.50 bits per heavy atom. The van der Waals surface area contributed by atoms with Gasteiger partial charge >= 0.3 is 0 Å². The topological polar surface area (TPSA) is 73.9 Å². The maximum Gasteiger partial charge on any atom is 0.147 e. The Hall–Kier alpha value is -0.210. The SMILES string of the molecule is CC(C)OCC(COC(C)C)(COC(C)C)NCCCS(C)(=O)=O. The van der Waals surface area contributed by atoms with Gasteiger partial charge in [-0.05, 0) is 54.5 Å². The molecule has 0 radical (unpaired) electrons. The van der Waals surface area contributed by atoms with Crippen molar-refractivity contribution in [2.24, 2.45) is 0 Å². The zero-order valence-electron chi connectivity index (χ0n) is 16.4. The Bertz CT molecular complexity index is 389. The zero-order chi connectivity index (χ0) is 18.8. The molecule has 0 bridgehead atoms. The normalized spacial score (nSPS) is 13.4. The van der Waals surface area contributed by atoms with Crippen molar-refractivity contribution in [3.05, 3.63) is 0 Å². The van der Waals surface area contributed by atoms with Crippen molar-refractivity contribution in [2.75, 3.05) is 38.4 Å². The maximum absolute atomic E-state index is 11.3. The Kier molecular flexibility index (Phi) is 11.3. The maximum atomic E-state index is 11.3. The lowest BCUT2D eigenvalue weighted by Gasteiger charge is -2.36. The first-order valence-electron chi connectivity index (χ1n) is 8.73. The number of hydrogen-bond donors (Lipinski definition) is 1. The van der Waals surface area contributed by atoms with Crippen LogP contribution < -0.4 is 5.32 Å². The van der Waals surface area contributed by atoms with Crippen LogP contribution in [0.4, 0.5) is 0 Å². The summed E-state index contributed by atoms with van der Waals surface area (Å²) in [5.41, 5.74) is -0.490. The predicted octanol–water partition coefficient (Wildman–Crippen LogP) is 2.02. The van der Waals surface area contributed by atoms with E-state index in [1.807, 2.05) is 41.5 Å². The average molecular weight is 368 g/mol. The fourth-order valence-corrected chi connectivity index (χ4v) is 2.61. The molecule has 0 heterocycles. The summed E-state index contributed by atoms with van der Waals surface area (Å²) in [5.74, 6) is 0.164. The van der Waals surface area contributed by atoms with Gasteiger partial charge < -0.3 is 19.5 Å². The van der Waals surface area contributed by atoms with Gasteiger partial charge in [-0.25, -0.2) is 8.42 Å². The number of hydrogen-bond acceptors (Lipinski definition) is 6. The minimum Gasteiger partial charge on any atom is -0.377 e. The van der Waals surface area contributed by atoms with Crippen LogP contribution in [0.25, 0.3) is 0 Å². The largest absolute Gasteiger partial charge is 0.377 e. The molecule has 0 saturated heterocycles. The highest BCUT2D eigenvalue weighted by Gasteiger charge is 2.32. The first-order chi connectivity index (χ1) is 11.0. The number of ether oxygens (including phenoxy) is 3. The molecule has 0 spiro atoms. The number of sulfone groups is 1. The van der Waals surface area contributed by atoms with Gasteiger partial charge in [0.25, 0.3) is 0 Å². The molecule has 0 aromatic rings. The van der Waals surface area contributed by atoms with Crippen LogP contribution in [0.1, 0.15) is 48.0 Å². The number of rotatable bonds is 14. The van der Waals surface area contributed by atoms with Gasteiger partial charge in [-0.1, -0.05) is 0 Å². The molecule has 0 unspecified atom stereocenters. The molecule has 0 aliphatic heterocycles. The van der Waals surface area contributed by atoms with E-state index in [0.717, 1.165) is 0 Å². The average Bonchev–Trinajstić information content (AvgIpc) is 2.43. The standard InChI is InChI=1S/C17H37NO5S/c1-14(2)21-11-17(12-22-15(3)4,13-23-16(5)6)18-9-8-10-24(7,19)20/h14-16,18H,8-13H2,1-7H3. The third-order valence-electron chi connectivity index (χ3n) is 3.27. The van der Waals surface area contributed by atoms with Crippen molar-refractivity contribution in [1.29, 1.82) is 0 Å². The molecule has 0 rings (SSSR count). The number of nitrogens with one attached hydrogen (secondary N) is 1. The van der Waals surface area contributed by atoms with Crippen molar-refractivity contribution in [3.8, 4) is 0 Å². The third kappa shape index (κ3) is 13.1.